The van der Waals surface area contributed by atoms with Gasteiger partial charge in [0.25, 0.3) is 0 Å². The maximum atomic E-state index is 4.70. The Morgan fingerprint density at radius 1 is 0.724 bits per heavy atom. The van der Waals surface area contributed by atoms with Crippen LogP contribution in [0, 0.1) is 6.08 Å². The van der Waals surface area contributed by atoms with E-state index in [1.54, 1.807) is 0 Å². The summed E-state index contributed by atoms with van der Waals surface area (Å²) in [6, 6.07) is 29.9. The van der Waals surface area contributed by atoms with Gasteiger partial charge in [-0.2, -0.15) is 17.7 Å². The van der Waals surface area contributed by atoms with E-state index in [9.17, 15) is 0 Å². The molecule has 0 bridgehead atoms. The molecule has 1 atom stereocenters. The number of pyridine rings is 1. The van der Waals surface area contributed by atoms with Crippen LogP contribution in [0.25, 0.3) is 10.9 Å². The monoisotopic (exact) mass is 454 g/mol. The predicted molar refractivity (Wildman–Crippen MR) is 106 cm³/mol. The largest absolute Gasteiger partial charge is 3.00 e. The van der Waals surface area contributed by atoms with Crippen LogP contribution >= 0.6 is 0 Å². The zero-order valence-electron chi connectivity index (χ0n) is 15.6. The molecule has 1 radical (unpaired) electrons. The Kier molecular flexibility index (Phi) is 8.08. The van der Waals surface area contributed by atoms with Crippen LogP contribution in [0.1, 0.15) is 28.2 Å². The molecule has 3 aromatic carbocycles. The molecule has 1 nitrogen and oxygen atoms in total. The van der Waals surface area contributed by atoms with E-state index < -0.39 is 0 Å². The zero-order chi connectivity index (χ0) is 17.3. The summed E-state index contributed by atoms with van der Waals surface area (Å²) in [5.41, 5.74) is 7.53. The number of para-hydroxylation sites is 1. The van der Waals surface area contributed by atoms with Crippen LogP contribution in [0.2, 0.25) is 0 Å². The molecule has 0 fully saturated rings. The molecule has 29 heavy (non-hydrogen) atoms. The average molecular weight is 455 g/mol. The number of benzene rings is 3. The molecule has 0 aliphatic heterocycles. The molecule has 1 aromatic heterocycles. The van der Waals surface area contributed by atoms with E-state index in [1.807, 2.05) is 12.3 Å². The van der Waals surface area contributed by atoms with Crippen molar-refractivity contribution in [1.29, 1.82) is 0 Å². The molecule has 0 saturated carbocycles. The van der Waals surface area contributed by atoms with Gasteiger partial charge in [-0.25, -0.2) is 0 Å². The van der Waals surface area contributed by atoms with Crippen molar-refractivity contribution in [2.45, 2.75) is 12.3 Å². The third-order valence-corrected chi connectivity index (χ3v) is 5.13. The van der Waals surface area contributed by atoms with Gasteiger partial charge in [0.1, 0.15) is 0 Å². The molecule has 0 spiro atoms. The Hall–Kier alpha value is -2.08. The fourth-order valence-electron chi connectivity index (χ4n) is 3.97. The molecular formula is C25H18Cl2CrN. The van der Waals surface area contributed by atoms with Gasteiger partial charge in [0.05, 0.1) is 5.52 Å². The molecule has 1 unspecified atom stereocenters. The first-order chi connectivity index (χ1) is 12.9. The molecule has 0 N–H and O–H groups in total. The van der Waals surface area contributed by atoms with Crippen molar-refractivity contribution in [3.8, 4) is 0 Å². The number of nitrogens with zero attached hydrogens (tertiary/aromatic N) is 1. The fraction of sp³-hybridized carbons (Fsp3) is 0.0800. The van der Waals surface area contributed by atoms with Crippen LogP contribution in [0.3, 0.4) is 0 Å². The van der Waals surface area contributed by atoms with Crippen LogP contribution in [0.15, 0.2) is 96.7 Å². The van der Waals surface area contributed by atoms with Gasteiger partial charge in [-0.3, -0.25) is 4.98 Å². The standard InChI is InChI=1S/C25H18N.2ClH.Cr/c1-2-8-18(9-3-1)16-21-17-20-10-4-5-13-22(20)24(21)23-14-6-11-19-12-7-15-26-25(19)23;;;/h1-15,24H,16H2;2*1H;/q-1;;;+3/p-2. The second kappa shape index (κ2) is 10.1. The van der Waals surface area contributed by atoms with Gasteiger partial charge < -0.3 is 24.8 Å². The van der Waals surface area contributed by atoms with Crippen molar-refractivity contribution >= 4 is 10.9 Å². The number of allylic oxidation sites excluding steroid dienone is 1. The number of halogens is 2. The SMILES string of the molecule is [C-]1=C(Cc2ccccc2)C(c2cccc3cccnc23)c2ccccc21.[Cl-].[Cl-].[Cr+3]. The number of rotatable bonds is 3. The minimum atomic E-state index is 0. The third-order valence-electron chi connectivity index (χ3n) is 5.13. The van der Waals surface area contributed by atoms with Gasteiger partial charge in [0.2, 0.25) is 0 Å². The van der Waals surface area contributed by atoms with E-state index in [0.717, 1.165) is 11.9 Å². The van der Waals surface area contributed by atoms with Crippen molar-refractivity contribution in [3.05, 3.63) is 125 Å². The summed E-state index contributed by atoms with van der Waals surface area (Å²) < 4.78 is 0. The summed E-state index contributed by atoms with van der Waals surface area (Å²) in [7, 11) is 0. The number of aromatic nitrogens is 1. The van der Waals surface area contributed by atoms with Crippen LogP contribution in [-0.4, -0.2) is 4.98 Å². The topological polar surface area (TPSA) is 12.9 Å². The summed E-state index contributed by atoms with van der Waals surface area (Å²) >= 11 is 0. The molecule has 5 rings (SSSR count). The fourth-order valence-corrected chi connectivity index (χ4v) is 3.97. The zero-order valence-corrected chi connectivity index (χ0v) is 18.3. The van der Waals surface area contributed by atoms with Crippen molar-refractivity contribution in [2.75, 3.05) is 0 Å². The Morgan fingerprint density at radius 3 is 2.24 bits per heavy atom. The van der Waals surface area contributed by atoms with E-state index in [0.29, 0.717) is 0 Å². The van der Waals surface area contributed by atoms with Gasteiger partial charge in [-0.05, 0) is 29.5 Å². The number of hydrogen-bond acceptors (Lipinski definition) is 1. The van der Waals surface area contributed by atoms with E-state index in [-0.39, 0.29) is 48.1 Å². The first-order valence-electron chi connectivity index (χ1n) is 8.99. The minimum absolute atomic E-state index is 0. The second-order valence-corrected chi connectivity index (χ2v) is 6.76. The molecule has 1 heterocycles. The van der Waals surface area contributed by atoms with Crippen LogP contribution in [0.4, 0.5) is 0 Å². The van der Waals surface area contributed by atoms with E-state index in [1.165, 1.54) is 33.2 Å². The Labute approximate surface area is 194 Å². The average Bonchev–Trinajstić information content (AvgIpc) is 3.06. The van der Waals surface area contributed by atoms with E-state index in [2.05, 4.69) is 84.9 Å². The van der Waals surface area contributed by atoms with Crippen molar-refractivity contribution in [2.24, 2.45) is 0 Å². The maximum Gasteiger partial charge on any atom is 3.00 e. The van der Waals surface area contributed by atoms with Crippen LogP contribution in [-0.2, 0) is 23.8 Å². The quantitative estimate of drug-likeness (QED) is 0.387. The number of fused-ring (bicyclic) bond motifs is 2. The summed E-state index contributed by atoms with van der Waals surface area (Å²) in [4.78, 5) is 4.70. The first-order valence-corrected chi connectivity index (χ1v) is 8.99. The normalized spacial score (nSPS) is 14.1. The van der Waals surface area contributed by atoms with Gasteiger partial charge in [-0.15, -0.1) is 23.3 Å². The third kappa shape index (κ3) is 4.42. The van der Waals surface area contributed by atoms with Crippen molar-refractivity contribution < 1.29 is 42.2 Å². The minimum Gasteiger partial charge on any atom is -1.00 e. The molecule has 1 aliphatic carbocycles. The molecular weight excluding hydrogens is 437 g/mol. The van der Waals surface area contributed by atoms with Gasteiger partial charge in [-0.1, -0.05) is 60.7 Å². The summed E-state index contributed by atoms with van der Waals surface area (Å²) in [5, 5.41) is 1.19. The molecule has 0 amide bonds. The Bertz CT molecular complexity index is 1120. The smallest absolute Gasteiger partial charge is 1.00 e. The van der Waals surface area contributed by atoms with Gasteiger partial charge >= 0.3 is 17.4 Å². The van der Waals surface area contributed by atoms with Crippen molar-refractivity contribution in [3.63, 3.8) is 0 Å². The molecule has 1 aliphatic rings. The second-order valence-electron chi connectivity index (χ2n) is 6.76. The predicted octanol–water partition coefficient (Wildman–Crippen LogP) is -0.294. The Morgan fingerprint density at radius 2 is 1.41 bits per heavy atom. The summed E-state index contributed by atoms with van der Waals surface area (Å²) in [6.07, 6.45) is 6.48. The van der Waals surface area contributed by atoms with Gasteiger partial charge in [0.15, 0.2) is 0 Å². The van der Waals surface area contributed by atoms with E-state index in [4.69, 9.17) is 4.98 Å². The molecule has 4 aromatic rings. The summed E-state index contributed by atoms with van der Waals surface area (Å²) in [6.45, 7) is 0. The van der Waals surface area contributed by atoms with Crippen LogP contribution < -0.4 is 24.8 Å². The van der Waals surface area contributed by atoms with Gasteiger partial charge in [0, 0.05) is 11.6 Å². The first kappa shape index (κ1) is 23.2. The Balaban J connectivity index is 0.000001000. The molecule has 4 heteroatoms. The molecule has 0 saturated heterocycles. The van der Waals surface area contributed by atoms with E-state index >= 15 is 0 Å². The summed E-state index contributed by atoms with van der Waals surface area (Å²) in [5.74, 6) is 0.213. The maximum absolute atomic E-state index is 4.70. The van der Waals surface area contributed by atoms with Crippen molar-refractivity contribution in [1.82, 2.24) is 4.98 Å². The van der Waals surface area contributed by atoms with Crippen LogP contribution in [0.5, 0.6) is 0 Å². The number of hydrogen-bond donors (Lipinski definition) is 0. The molecule has 143 valence electrons.